The van der Waals surface area contributed by atoms with Gasteiger partial charge in [-0.3, -0.25) is 14.5 Å². The summed E-state index contributed by atoms with van der Waals surface area (Å²) in [7, 11) is 0. The number of hydrogen-bond acceptors (Lipinski definition) is 7. The second-order valence-corrected chi connectivity index (χ2v) is 11.1. The minimum Gasteiger partial charge on any atom is -0.354 e. The molecule has 1 spiro atoms. The Morgan fingerprint density at radius 3 is 2.71 bits per heavy atom. The maximum Gasteiger partial charge on any atom is 0.151 e. The Morgan fingerprint density at radius 1 is 1.12 bits per heavy atom. The van der Waals surface area contributed by atoms with Gasteiger partial charge in [0.25, 0.3) is 0 Å². The Balaban J connectivity index is 1.15. The highest BCUT2D eigenvalue weighted by atomic mass is 35.5. The number of fused-ring (bicyclic) bond motifs is 3. The van der Waals surface area contributed by atoms with Crippen molar-refractivity contribution in [1.82, 2.24) is 29.6 Å². The summed E-state index contributed by atoms with van der Waals surface area (Å²) >= 11 is 6.39. The number of hydrogen-bond donors (Lipinski definition) is 0. The lowest BCUT2D eigenvalue weighted by molar-refractivity contribution is 0.0581. The van der Waals surface area contributed by atoms with E-state index in [1.807, 2.05) is 12.3 Å². The van der Waals surface area contributed by atoms with E-state index in [0.29, 0.717) is 17.9 Å². The van der Waals surface area contributed by atoms with Crippen molar-refractivity contribution < 1.29 is 0 Å². The average Bonchev–Trinajstić information content (AvgIpc) is 3.48. The van der Waals surface area contributed by atoms with Crippen LogP contribution in [0.4, 0.5) is 5.82 Å². The van der Waals surface area contributed by atoms with E-state index in [1.54, 1.807) is 12.4 Å². The maximum atomic E-state index is 9.64. The van der Waals surface area contributed by atoms with Gasteiger partial charge >= 0.3 is 0 Å². The predicted molar refractivity (Wildman–Crippen MR) is 126 cm³/mol. The van der Waals surface area contributed by atoms with Crippen molar-refractivity contribution in [3.05, 3.63) is 59.0 Å². The summed E-state index contributed by atoms with van der Waals surface area (Å²) in [6, 6.07) is 8.64. The molecule has 2 aliphatic carbocycles. The molecule has 2 aromatic heterocycles. The second-order valence-electron chi connectivity index (χ2n) is 10.6. The van der Waals surface area contributed by atoms with Crippen LogP contribution in [0, 0.1) is 22.2 Å². The molecule has 1 aromatic carbocycles. The third-order valence-corrected chi connectivity index (χ3v) is 8.30. The highest BCUT2D eigenvalue weighted by Crippen LogP contribution is 2.56. The van der Waals surface area contributed by atoms with E-state index in [1.165, 1.54) is 5.56 Å². The van der Waals surface area contributed by atoms with E-state index in [9.17, 15) is 5.26 Å². The van der Waals surface area contributed by atoms with Crippen molar-refractivity contribution in [2.75, 3.05) is 24.5 Å². The van der Waals surface area contributed by atoms with Gasteiger partial charge in [-0.1, -0.05) is 11.6 Å². The first-order valence-corrected chi connectivity index (χ1v) is 12.3. The highest BCUT2D eigenvalue weighted by molar-refractivity contribution is 6.30. The van der Waals surface area contributed by atoms with Crippen LogP contribution >= 0.6 is 11.6 Å². The van der Waals surface area contributed by atoms with Crippen molar-refractivity contribution in [2.24, 2.45) is 10.8 Å². The zero-order valence-corrected chi connectivity index (χ0v) is 19.6. The van der Waals surface area contributed by atoms with Gasteiger partial charge in [0.2, 0.25) is 0 Å². The lowest BCUT2D eigenvalue weighted by Gasteiger charge is -2.59. The molecular weight excluding hydrogens is 448 g/mol. The standard InChI is InChI=1S/C25H25ClN8/c26-19-1-2-20-17(7-19)11-32(14-24(13-27)3-4-24)12-22-30-31-23(34(20)22)18-8-25(9-18)15-33(16-25)21-10-28-5-6-29-21/h1-2,5-7,10,18H,3-4,8-9,11-12,14-16H2. The third-order valence-electron chi connectivity index (χ3n) is 8.06. The Bertz CT molecular complexity index is 1290. The van der Waals surface area contributed by atoms with Crippen LogP contribution in [0.2, 0.25) is 5.02 Å². The fraction of sp³-hybridized carbons (Fsp3) is 0.480. The van der Waals surface area contributed by atoms with E-state index >= 15 is 0 Å². The van der Waals surface area contributed by atoms with Crippen LogP contribution in [0.3, 0.4) is 0 Å². The highest BCUT2D eigenvalue weighted by Gasteiger charge is 2.54. The molecule has 0 unspecified atom stereocenters. The van der Waals surface area contributed by atoms with Gasteiger partial charge in [0, 0.05) is 54.9 Å². The molecule has 1 saturated heterocycles. The summed E-state index contributed by atoms with van der Waals surface area (Å²) in [5, 5.41) is 19.7. The van der Waals surface area contributed by atoms with Crippen LogP contribution in [-0.2, 0) is 13.1 Å². The first kappa shape index (κ1) is 20.4. The molecule has 3 aromatic rings. The SMILES string of the molecule is N#CC1(CN2Cc3cc(Cl)ccc3-n3c(nnc3C3CC4(C3)CN(c3cnccn3)C4)C2)CC1. The number of rotatable bonds is 4. The molecule has 9 heteroatoms. The number of nitrogens with zero attached hydrogens (tertiary/aromatic N) is 8. The number of halogens is 1. The minimum absolute atomic E-state index is 0.198. The van der Waals surface area contributed by atoms with Crippen molar-refractivity contribution in [1.29, 1.82) is 5.26 Å². The molecule has 0 atom stereocenters. The summed E-state index contributed by atoms with van der Waals surface area (Å²) in [5.74, 6) is 3.38. The molecule has 2 saturated carbocycles. The van der Waals surface area contributed by atoms with Crippen molar-refractivity contribution in [3.8, 4) is 11.8 Å². The van der Waals surface area contributed by atoms with Crippen molar-refractivity contribution >= 4 is 17.4 Å². The fourth-order valence-corrected chi connectivity index (χ4v) is 6.35. The first-order chi connectivity index (χ1) is 16.6. The monoisotopic (exact) mass is 472 g/mol. The number of nitriles is 1. The van der Waals surface area contributed by atoms with Crippen LogP contribution in [0.1, 0.15) is 48.8 Å². The van der Waals surface area contributed by atoms with E-state index < -0.39 is 0 Å². The summed E-state index contributed by atoms with van der Waals surface area (Å²) in [6.45, 7) is 4.28. The molecule has 172 valence electrons. The Hall–Kier alpha value is -3.02. The van der Waals surface area contributed by atoms with Crippen molar-refractivity contribution in [3.63, 3.8) is 0 Å². The first-order valence-electron chi connectivity index (χ1n) is 11.9. The second kappa shape index (κ2) is 7.24. The minimum atomic E-state index is -0.198. The zero-order valence-electron chi connectivity index (χ0n) is 18.9. The van der Waals surface area contributed by atoms with E-state index in [4.69, 9.17) is 16.7 Å². The molecule has 4 aliphatic rings. The largest absolute Gasteiger partial charge is 0.354 e. The molecule has 7 rings (SSSR count). The molecule has 0 N–H and O–H groups in total. The van der Waals surface area contributed by atoms with E-state index in [-0.39, 0.29) is 5.41 Å². The number of benzene rings is 1. The van der Waals surface area contributed by atoms with Gasteiger partial charge in [0.1, 0.15) is 11.6 Å². The van der Waals surface area contributed by atoms with Crippen LogP contribution < -0.4 is 4.90 Å². The Kier molecular flexibility index (Phi) is 4.33. The molecule has 0 bridgehead atoms. The maximum absolute atomic E-state index is 9.64. The zero-order chi connectivity index (χ0) is 22.9. The Morgan fingerprint density at radius 2 is 1.97 bits per heavy atom. The number of aromatic nitrogens is 5. The quantitative estimate of drug-likeness (QED) is 0.572. The van der Waals surface area contributed by atoms with Crippen LogP contribution in [0.25, 0.3) is 5.69 Å². The lowest BCUT2D eigenvalue weighted by atomic mass is 9.57. The molecular formula is C25H25ClN8. The van der Waals surface area contributed by atoms with Gasteiger partial charge < -0.3 is 4.90 Å². The van der Waals surface area contributed by atoms with Crippen molar-refractivity contribution in [2.45, 2.75) is 44.7 Å². The van der Waals surface area contributed by atoms with Gasteiger partial charge in [-0.25, -0.2) is 4.98 Å². The smallest absolute Gasteiger partial charge is 0.151 e. The molecule has 4 heterocycles. The molecule has 0 amide bonds. The average molecular weight is 473 g/mol. The fourth-order valence-electron chi connectivity index (χ4n) is 6.16. The summed E-state index contributed by atoms with van der Waals surface area (Å²) in [4.78, 5) is 13.3. The molecule has 8 nitrogen and oxygen atoms in total. The van der Waals surface area contributed by atoms with E-state index in [2.05, 4.69) is 47.6 Å². The summed E-state index contributed by atoms with van der Waals surface area (Å²) in [5.41, 5.74) is 2.45. The van der Waals surface area contributed by atoms with Gasteiger partial charge in [-0.15, -0.1) is 10.2 Å². The molecule has 2 aliphatic heterocycles. The Labute approximate surface area is 203 Å². The lowest BCUT2D eigenvalue weighted by Crippen LogP contribution is -2.62. The molecule has 34 heavy (non-hydrogen) atoms. The van der Waals surface area contributed by atoms with Crippen LogP contribution in [0.15, 0.2) is 36.8 Å². The van der Waals surface area contributed by atoms with Gasteiger partial charge in [-0.05, 0) is 49.4 Å². The normalized spacial score (nSPS) is 22.2. The molecule has 3 fully saturated rings. The molecule has 0 radical (unpaired) electrons. The summed E-state index contributed by atoms with van der Waals surface area (Å²) < 4.78 is 2.27. The van der Waals surface area contributed by atoms with Gasteiger partial charge in [0.05, 0.1) is 29.9 Å². The summed E-state index contributed by atoms with van der Waals surface area (Å²) in [6.07, 6.45) is 9.51. The van der Waals surface area contributed by atoms with Gasteiger partial charge in [-0.2, -0.15) is 5.26 Å². The number of anilines is 1. The van der Waals surface area contributed by atoms with Crippen LogP contribution in [0.5, 0.6) is 0 Å². The van der Waals surface area contributed by atoms with Crippen LogP contribution in [-0.4, -0.2) is 49.3 Å². The van der Waals surface area contributed by atoms with E-state index in [0.717, 1.165) is 80.0 Å². The topological polar surface area (TPSA) is 86.8 Å². The predicted octanol–water partition coefficient (Wildman–Crippen LogP) is 3.71. The van der Waals surface area contributed by atoms with Gasteiger partial charge in [0.15, 0.2) is 5.82 Å². The third kappa shape index (κ3) is 3.22.